The topological polar surface area (TPSA) is 17.1 Å². The number of carbonyl (C=O) groups is 1. The van der Waals surface area contributed by atoms with Gasteiger partial charge in [-0.3, -0.25) is 4.79 Å². The highest BCUT2D eigenvalue weighted by molar-refractivity contribution is 6.20. The van der Waals surface area contributed by atoms with E-state index in [1.54, 1.807) is 0 Å². The van der Waals surface area contributed by atoms with E-state index in [2.05, 4.69) is 19.9 Å². The van der Waals surface area contributed by atoms with Crippen molar-refractivity contribution in [3.63, 3.8) is 0 Å². The normalized spacial score (nSPS) is 14.4. The van der Waals surface area contributed by atoms with Crippen LogP contribution in [0.3, 0.4) is 0 Å². The zero-order chi connectivity index (χ0) is 12.3. The van der Waals surface area contributed by atoms with Gasteiger partial charge in [-0.2, -0.15) is 0 Å². The number of allylic oxidation sites excluding steroid dienone is 2. The molecule has 0 radical (unpaired) electrons. The summed E-state index contributed by atoms with van der Waals surface area (Å²) in [5.74, 6) is 0.272. The maximum atomic E-state index is 12.3. The van der Waals surface area contributed by atoms with Crippen molar-refractivity contribution in [2.45, 2.75) is 46.0 Å². The van der Waals surface area contributed by atoms with Crippen LogP contribution in [0, 0.1) is 0 Å². The van der Waals surface area contributed by atoms with Crippen LogP contribution in [0.4, 0.5) is 0 Å². The molecule has 90 valence electrons. The van der Waals surface area contributed by atoms with E-state index in [9.17, 15) is 4.79 Å². The Morgan fingerprint density at radius 1 is 0.882 bits per heavy atom. The molecule has 0 N–H and O–H groups in total. The Morgan fingerprint density at radius 3 is 2.24 bits per heavy atom. The molecule has 1 aliphatic carbocycles. The molecule has 0 saturated heterocycles. The highest BCUT2D eigenvalue weighted by atomic mass is 16.1. The van der Waals surface area contributed by atoms with E-state index in [1.807, 2.05) is 18.2 Å². The van der Waals surface area contributed by atoms with Crippen LogP contribution in [-0.2, 0) is 0 Å². The van der Waals surface area contributed by atoms with Gasteiger partial charge in [0.25, 0.3) is 0 Å². The largest absolute Gasteiger partial charge is 0.289 e. The summed E-state index contributed by atoms with van der Waals surface area (Å²) < 4.78 is 0. The molecule has 1 nitrogen and oxygen atoms in total. The minimum Gasteiger partial charge on any atom is -0.289 e. The summed E-state index contributed by atoms with van der Waals surface area (Å²) in [7, 11) is 0. The maximum absolute atomic E-state index is 12.3. The van der Waals surface area contributed by atoms with Crippen LogP contribution >= 0.6 is 0 Å². The number of unbranched alkanes of at least 4 members (excludes halogenated alkanes) is 1. The first-order valence-corrected chi connectivity index (χ1v) is 6.65. The van der Waals surface area contributed by atoms with Crippen LogP contribution < -0.4 is 0 Å². The Bertz CT molecular complexity index is 454. The molecular formula is C16H20O. The minimum absolute atomic E-state index is 0.272. The fraction of sp³-hybridized carbons (Fsp3) is 0.438. The van der Waals surface area contributed by atoms with Crippen LogP contribution in [0.2, 0.25) is 0 Å². The molecule has 0 spiro atoms. The van der Waals surface area contributed by atoms with E-state index < -0.39 is 0 Å². The Labute approximate surface area is 104 Å². The zero-order valence-corrected chi connectivity index (χ0v) is 10.8. The number of hydrogen-bond acceptors (Lipinski definition) is 1. The molecule has 0 atom stereocenters. The van der Waals surface area contributed by atoms with Crippen LogP contribution in [0.25, 0.3) is 5.57 Å². The highest BCUT2D eigenvalue weighted by Gasteiger charge is 2.27. The number of Topliss-reactive ketones (excluding diaryl/α,β-unsaturated/α-hetero) is 1. The first-order valence-electron chi connectivity index (χ1n) is 6.65. The quantitative estimate of drug-likeness (QED) is 0.718. The Balaban J connectivity index is 2.40. The number of carbonyl (C=O) groups excluding carboxylic acids is 1. The predicted octanol–water partition coefficient (Wildman–Crippen LogP) is 4.63. The fourth-order valence-corrected chi connectivity index (χ4v) is 2.56. The molecule has 0 aliphatic heterocycles. The highest BCUT2D eigenvalue weighted by Crippen LogP contribution is 2.37. The van der Waals surface area contributed by atoms with Gasteiger partial charge in [0, 0.05) is 11.1 Å². The van der Waals surface area contributed by atoms with Crippen LogP contribution in [-0.4, -0.2) is 5.78 Å². The monoisotopic (exact) mass is 228 g/mol. The average molecular weight is 228 g/mol. The molecule has 0 unspecified atom stereocenters. The molecular weight excluding hydrogens is 208 g/mol. The van der Waals surface area contributed by atoms with E-state index in [4.69, 9.17) is 0 Å². The van der Waals surface area contributed by atoms with Crippen molar-refractivity contribution in [3.05, 3.63) is 41.0 Å². The van der Waals surface area contributed by atoms with E-state index in [-0.39, 0.29) is 5.78 Å². The molecule has 2 rings (SSSR count). The smallest absolute Gasteiger partial charge is 0.189 e. The third kappa shape index (κ3) is 2.19. The summed E-state index contributed by atoms with van der Waals surface area (Å²) in [5.41, 5.74) is 4.49. The summed E-state index contributed by atoms with van der Waals surface area (Å²) in [4.78, 5) is 12.3. The Hall–Kier alpha value is -1.37. The number of fused-ring (bicyclic) bond motifs is 1. The van der Waals surface area contributed by atoms with Crippen molar-refractivity contribution in [1.82, 2.24) is 0 Å². The van der Waals surface area contributed by atoms with Crippen LogP contribution in [0.15, 0.2) is 29.8 Å². The molecule has 0 fully saturated rings. The lowest BCUT2D eigenvalue weighted by Crippen LogP contribution is -1.98. The molecule has 0 bridgehead atoms. The van der Waals surface area contributed by atoms with E-state index in [0.717, 1.165) is 30.4 Å². The third-order valence-corrected chi connectivity index (χ3v) is 3.42. The third-order valence-electron chi connectivity index (χ3n) is 3.42. The first-order chi connectivity index (χ1) is 8.29. The number of benzene rings is 1. The van der Waals surface area contributed by atoms with Gasteiger partial charge < -0.3 is 0 Å². The van der Waals surface area contributed by atoms with Gasteiger partial charge in [-0.1, -0.05) is 51.0 Å². The van der Waals surface area contributed by atoms with Gasteiger partial charge in [0.15, 0.2) is 5.78 Å². The van der Waals surface area contributed by atoms with E-state index in [1.165, 1.54) is 24.0 Å². The van der Waals surface area contributed by atoms with Crippen molar-refractivity contribution in [2.75, 3.05) is 0 Å². The number of hydrogen-bond donors (Lipinski definition) is 0. The zero-order valence-electron chi connectivity index (χ0n) is 10.8. The molecule has 0 aromatic heterocycles. The molecule has 1 heteroatoms. The molecule has 1 aliphatic rings. The van der Waals surface area contributed by atoms with E-state index in [0.29, 0.717) is 0 Å². The fourth-order valence-electron chi connectivity index (χ4n) is 2.56. The van der Waals surface area contributed by atoms with Crippen molar-refractivity contribution < 1.29 is 4.79 Å². The lowest BCUT2D eigenvalue weighted by molar-refractivity contribution is 0.103. The lowest BCUT2D eigenvalue weighted by Gasteiger charge is -2.06. The molecule has 0 saturated carbocycles. The molecule has 1 aromatic carbocycles. The van der Waals surface area contributed by atoms with E-state index >= 15 is 0 Å². The average Bonchev–Trinajstić information content (AvgIpc) is 2.62. The second kappa shape index (κ2) is 5.31. The second-order valence-electron chi connectivity index (χ2n) is 4.69. The maximum Gasteiger partial charge on any atom is 0.189 e. The van der Waals surface area contributed by atoms with Gasteiger partial charge in [-0.25, -0.2) is 0 Å². The molecule has 17 heavy (non-hydrogen) atoms. The minimum atomic E-state index is 0.272. The van der Waals surface area contributed by atoms with Gasteiger partial charge in [0.1, 0.15) is 0 Å². The standard InChI is InChI=1S/C16H20O/c1-3-5-9-12-13-10-6-7-11-15(13)16(17)14(12)8-4-2/h6-7,10-11H,3-5,8-9H2,1-2H3. The van der Waals surface area contributed by atoms with Crippen LogP contribution in [0.1, 0.15) is 61.9 Å². The van der Waals surface area contributed by atoms with Crippen molar-refractivity contribution >= 4 is 11.4 Å². The first kappa shape index (κ1) is 12.1. The lowest BCUT2D eigenvalue weighted by atomic mass is 9.98. The molecule has 0 amide bonds. The van der Waals surface area contributed by atoms with Crippen molar-refractivity contribution in [2.24, 2.45) is 0 Å². The van der Waals surface area contributed by atoms with Gasteiger partial charge in [-0.15, -0.1) is 0 Å². The summed E-state index contributed by atoms with van der Waals surface area (Å²) in [6, 6.07) is 8.06. The van der Waals surface area contributed by atoms with Gasteiger partial charge in [-0.05, 0) is 30.4 Å². The summed E-state index contributed by atoms with van der Waals surface area (Å²) >= 11 is 0. The van der Waals surface area contributed by atoms with Crippen molar-refractivity contribution in [1.29, 1.82) is 0 Å². The number of rotatable bonds is 5. The summed E-state index contributed by atoms with van der Waals surface area (Å²) in [6.45, 7) is 4.34. The predicted molar refractivity (Wildman–Crippen MR) is 72.1 cm³/mol. The Kier molecular flexibility index (Phi) is 3.78. The molecule has 1 aromatic rings. The summed E-state index contributed by atoms with van der Waals surface area (Å²) in [6.07, 6.45) is 5.37. The van der Waals surface area contributed by atoms with Gasteiger partial charge in [0.2, 0.25) is 0 Å². The van der Waals surface area contributed by atoms with Gasteiger partial charge >= 0.3 is 0 Å². The van der Waals surface area contributed by atoms with Crippen molar-refractivity contribution in [3.8, 4) is 0 Å². The molecule has 0 heterocycles. The summed E-state index contributed by atoms with van der Waals surface area (Å²) in [5, 5.41) is 0. The van der Waals surface area contributed by atoms with Gasteiger partial charge in [0.05, 0.1) is 0 Å². The number of ketones is 1. The second-order valence-corrected chi connectivity index (χ2v) is 4.69. The Morgan fingerprint density at radius 2 is 1.59 bits per heavy atom. The van der Waals surface area contributed by atoms with Crippen LogP contribution in [0.5, 0.6) is 0 Å². The SMILES string of the molecule is CCCCC1=C(CCC)C(=O)c2ccccc21.